The summed E-state index contributed by atoms with van der Waals surface area (Å²) < 4.78 is 0. The largest absolute Gasteiger partial charge is 0.374 e. The SMILES string of the molecule is Cc1ccc(N(C)CC2CC(C)(C)CCC2N)c(C)c1. The number of anilines is 1. The molecule has 1 aromatic carbocycles. The Morgan fingerprint density at radius 3 is 2.65 bits per heavy atom. The molecular weight excluding hydrogens is 244 g/mol. The zero-order valence-corrected chi connectivity index (χ0v) is 13.7. The molecule has 1 aliphatic carbocycles. The van der Waals surface area contributed by atoms with Crippen molar-refractivity contribution < 1.29 is 0 Å². The van der Waals surface area contributed by atoms with E-state index in [0.29, 0.717) is 17.4 Å². The van der Waals surface area contributed by atoms with Gasteiger partial charge in [0, 0.05) is 25.3 Å². The van der Waals surface area contributed by atoms with E-state index in [1.165, 1.54) is 36.1 Å². The second-order valence-electron chi connectivity index (χ2n) is 7.50. The molecule has 0 bridgehead atoms. The van der Waals surface area contributed by atoms with Gasteiger partial charge in [-0.25, -0.2) is 0 Å². The van der Waals surface area contributed by atoms with E-state index in [1.54, 1.807) is 0 Å². The number of nitrogens with two attached hydrogens (primary N) is 1. The third kappa shape index (κ3) is 3.54. The molecular formula is C18H30N2. The molecule has 112 valence electrons. The second-order valence-corrected chi connectivity index (χ2v) is 7.50. The molecule has 20 heavy (non-hydrogen) atoms. The Hall–Kier alpha value is -1.02. The van der Waals surface area contributed by atoms with Gasteiger partial charge in [0.15, 0.2) is 0 Å². The Bertz CT molecular complexity index is 464. The van der Waals surface area contributed by atoms with E-state index in [2.05, 4.69) is 57.8 Å². The van der Waals surface area contributed by atoms with Crippen LogP contribution < -0.4 is 10.6 Å². The first-order valence-electron chi connectivity index (χ1n) is 7.82. The average molecular weight is 274 g/mol. The molecule has 0 aromatic heterocycles. The summed E-state index contributed by atoms with van der Waals surface area (Å²) in [6.45, 7) is 10.2. The minimum atomic E-state index is 0.358. The lowest BCUT2D eigenvalue weighted by Crippen LogP contribution is -2.44. The first-order valence-corrected chi connectivity index (χ1v) is 7.82. The molecule has 2 nitrogen and oxygen atoms in total. The minimum absolute atomic E-state index is 0.358. The Morgan fingerprint density at radius 2 is 2.00 bits per heavy atom. The molecule has 1 fully saturated rings. The van der Waals surface area contributed by atoms with E-state index in [9.17, 15) is 0 Å². The van der Waals surface area contributed by atoms with Crippen molar-refractivity contribution in [1.82, 2.24) is 0 Å². The van der Waals surface area contributed by atoms with E-state index >= 15 is 0 Å². The van der Waals surface area contributed by atoms with E-state index in [4.69, 9.17) is 5.73 Å². The molecule has 2 unspecified atom stereocenters. The van der Waals surface area contributed by atoms with Crippen molar-refractivity contribution in [2.24, 2.45) is 17.1 Å². The van der Waals surface area contributed by atoms with Gasteiger partial charge in [0.1, 0.15) is 0 Å². The summed E-state index contributed by atoms with van der Waals surface area (Å²) >= 11 is 0. The van der Waals surface area contributed by atoms with Crippen molar-refractivity contribution >= 4 is 5.69 Å². The summed E-state index contributed by atoms with van der Waals surface area (Å²) in [5, 5.41) is 0. The number of nitrogens with zero attached hydrogens (tertiary/aromatic N) is 1. The van der Waals surface area contributed by atoms with Crippen molar-refractivity contribution in [3.63, 3.8) is 0 Å². The molecule has 1 aliphatic rings. The van der Waals surface area contributed by atoms with Crippen molar-refractivity contribution in [2.75, 3.05) is 18.5 Å². The van der Waals surface area contributed by atoms with E-state index < -0.39 is 0 Å². The summed E-state index contributed by atoms with van der Waals surface area (Å²) in [7, 11) is 2.20. The van der Waals surface area contributed by atoms with Gasteiger partial charge in [-0.15, -0.1) is 0 Å². The lowest BCUT2D eigenvalue weighted by molar-refractivity contribution is 0.161. The van der Waals surface area contributed by atoms with E-state index in [1.807, 2.05) is 0 Å². The van der Waals surface area contributed by atoms with Crippen LogP contribution in [0.1, 0.15) is 44.2 Å². The van der Waals surface area contributed by atoms with Gasteiger partial charge in [0.2, 0.25) is 0 Å². The van der Waals surface area contributed by atoms with Gasteiger partial charge in [0.05, 0.1) is 0 Å². The zero-order chi connectivity index (χ0) is 14.9. The summed E-state index contributed by atoms with van der Waals surface area (Å²) in [6, 6.07) is 7.06. The highest BCUT2D eigenvalue weighted by Gasteiger charge is 2.33. The summed E-state index contributed by atoms with van der Waals surface area (Å²) in [4.78, 5) is 2.39. The molecule has 0 heterocycles. The van der Waals surface area contributed by atoms with Crippen molar-refractivity contribution in [3.8, 4) is 0 Å². The molecule has 2 rings (SSSR count). The van der Waals surface area contributed by atoms with Crippen LogP contribution in [0.3, 0.4) is 0 Å². The maximum absolute atomic E-state index is 6.36. The summed E-state index contributed by atoms with van der Waals surface area (Å²) in [5.74, 6) is 0.601. The Balaban J connectivity index is 2.08. The Morgan fingerprint density at radius 1 is 1.30 bits per heavy atom. The van der Waals surface area contributed by atoms with Gasteiger partial charge < -0.3 is 10.6 Å². The van der Waals surface area contributed by atoms with Crippen LogP contribution in [0.5, 0.6) is 0 Å². The molecule has 2 N–H and O–H groups in total. The average Bonchev–Trinajstić information content (AvgIpc) is 2.33. The molecule has 2 heteroatoms. The fraction of sp³-hybridized carbons (Fsp3) is 0.667. The maximum Gasteiger partial charge on any atom is 0.0393 e. The predicted octanol–water partition coefficient (Wildman–Crippen LogP) is 3.89. The molecule has 0 saturated heterocycles. The van der Waals surface area contributed by atoms with Crippen LogP contribution in [0.2, 0.25) is 0 Å². The Labute approximate surface area is 124 Å². The van der Waals surface area contributed by atoms with Crippen molar-refractivity contribution in [3.05, 3.63) is 29.3 Å². The van der Waals surface area contributed by atoms with E-state index in [0.717, 1.165) is 6.54 Å². The van der Waals surface area contributed by atoms with Crippen LogP contribution in [0, 0.1) is 25.2 Å². The quantitative estimate of drug-likeness (QED) is 0.906. The molecule has 1 aromatic rings. The lowest BCUT2D eigenvalue weighted by Gasteiger charge is -2.41. The predicted molar refractivity (Wildman–Crippen MR) is 88.3 cm³/mol. The van der Waals surface area contributed by atoms with Crippen LogP contribution in [-0.4, -0.2) is 19.6 Å². The highest BCUT2D eigenvalue weighted by molar-refractivity contribution is 5.53. The smallest absolute Gasteiger partial charge is 0.0393 e. The molecule has 0 amide bonds. The first-order chi connectivity index (χ1) is 9.28. The first kappa shape index (κ1) is 15.4. The number of aryl methyl sites for hydroxylation is 2. The minimum Gasteiger partial charge on any atom is -0.374 e. The molecule has 0 radical (unpaired) electrons. The van der Waals surface area contributed by atoms with Crippen LogP contribution in [0.4, 0.5) is 5.69 Å². The van der Waals surface area contributed by atoms with Gasteiger partial charge in [-0.1, -0.05) is 31.5 Å². The van der Waals surface area contributed by atoms with Gasteiger partial charge in [-0.3, -0.25) is 0 Å². The highest BCUT2D eigenvalue weighted by Crippen LogP contribution is 2.38. The van der Waals surface area contributed by atoms with Crippen LogP contribution in [0.15, 0.2) is 18.2 Å². The third-order valence-corrected chi connectivity index (χ3v) is 4.85. The van der Waals surface area contributed by atoms with Gasteiger partial charge in [-0.2, -0.15) is 0 Å². The fourth-order valence-electron chi connectivity index (χ4n) is 3.64. The van der Waals surface area contributed by atoms with Crippen LogP contribution in [-0.2, 0) is 0 Å². The van der Waals surface area contributed by atoms with Gasteiger partial charge in [-0.05, 0) is 56.1 Å². The topological polar surface area (TPSA) is 29.3 Å². The lowest BCUT2D eigenvalue weighted by atomic mass is 9.70. The molecule has 0 aliphatic heterocycles. The monoisotopic (exact) mass is 274 g/mol. The molecule has 1 saturated carbocycles. The maximum atomic E-state index is 6.36. The highest BCUT2D eigenvalue weighted by atomic mass is 15.1. The number of benzene rings is 1. The van der Waals surface area contributed by atoms with Crippen LogP contribution >= 0.6 is 0 Å². The zero-order valence-electron chi connectivity index (χ0n) is 13.7. The van der Waals surface area contributed by atoms with E-state index in [-0.39, 0.29) is 0 Å². The molecule has 2 atom stereocenters. The second kappa shape index (κ2) is 5.77. The van der Waals surface area contributed by atoms with Gasteiger partial charge in [0.25, 0.3) is 0 Å². The summed E-state index contributed by atoms with van der Waals surface area (Å²) in [6.07, 6.45) is 3.67. The summed E-state index contributed by atoms with van der Waals surface area (Å²) in [5.41, 5.74) is 10.8. The van der Waals surface area contributed by atoms with Gasteiger partial charge >= 0.3 is 0 Å². The Kier molecular flexibility index (Phi) is 4.43. The number of hydrogen-bond acceptors (Lipinski definition) is 2. The van der Waals surface area contributed by atoms with Crippen LogP contribution in [0.25, 0.3) is 0 Å². The third-order valence-electron chi connectivity index (χ3n) is 4.85. The number of rotatable bonds is 3. The van der Waals surface area contributed by atoms with Crippen molar-refractivity contribution in [2.45, 2.75) is 53.0 Å². The number of hydrogen-bond donors (Lipinski definition) is 1. The standard InChI is InChI=1S/C18H30N2/c1-13-6-7-17(14(2)10-13)20(5)12-15-11-18(3,4)9-8-16(15)19/h6-7,10,15-16H,8-9,11-12,19H2,1-5H3. The fourth-order valence-corrected chi connectivity index (χ4v) is 3.64. The molecule has 0 spiro atoms. The van der Waals surface area contributed by atoms with Crippen molar-refractivity contribution in [1.29, 1.82) is 0 Å². The normalized spacial score (nSPS) is 25.5.